The van der Waals surface area contributed by atoms with Gasteiger partial charge in [-0.2, -0.15) is 0 Å². The predicted octanol–water partition coefficient (Wildman–Crippen LogP) is 4.18. The molecule has 0 aromatic heterocycles. The van der Waals surface area contributed by atoms with Gasteiger partial charge >= 0.3 is 12.1 Å². The van der Waals surface area contributed by atoms with E-state index in [0.29, 0.717) is 24.1 Å². The van der Waals surface area contributed by atoms with Gasteiger partial charge in [0.15, 0.2) is 0 Å². The fourth-order valence-electron chi connectivity index (χ4n) is 4.84. The van der Waals surface area contributed by atoms with Crippen LogP contribution in [0.25, 0.3) is 5.57 Å². The molecule has 2 aromatic carbocycles. The zero-order valence-electron chi connectivity index (χ0n) is 22.9. The fraction of sp³-hybridized carbons (Fsp3) is 0.400. The van der Waals surface area contributed by atoms with E-state index in [-0.39, 0.29) is 38.1 Å². The molecule has 2 aliphatic heterocycles. The molecule has 2 aromatic rings. The highest BCUT2D eigenvalue weighted by Gasteiger charge is 2.37. The topological polar surface area (TPSA) is 119 Å². The van der Waals surface area contributed by atoms with Crippen LogP contribution in [0.4, 0.5) is 9.18 Å². The van der Waals surface area contributed by atoms with Gasteiger partial charge in [-0.25, -0.2) is 9.18 Å². The molecule has 0 bridgehead atoms. The van der Waals surface area contributed by atoms with Crippen molar-refractivity contribution >= 4 is 29.5 Å². The lowest BCUT2D eigenvalue weighted by molar-refractivity contribution is -0.155. The molecule has 2 N–H and O–H groups in total. The monoisotopic (exact) mass is 551 g/mol. The van der Waals surface area contributed by atoms with Gasteiger partial charge in [0.05, 0.1) is 0 Å². The van der Waals surface area contributed by atoms with Crippen molar-refractivity contribution in [2.24, 2.45) is 5.73 Å². The van der Waals surface area contributed by atoms with Gasteiger partial charge in [0.1, 0.15) is 24.1 Å². The van der Waals surface area contributed by atoms with Crippen LogP contribution in [0.15, 0.2) is 48.5 Å². The van der Waals surface area contributed by atoms with E-state index in [4.69, 9.17) is 15.2 Å². The second-order valence-corrected chi connectivity index (χ2v) is 10.9. The lowest BCUT2D eigenvalue weighted by Gasteiger charge is -2.26. The average molecular weight is 552 g/mol. The number of fused-ring (bicyclic) bond motifs is 1. The molecular weight excluding hydrogens is 517 g/mol. The summed E-state index contributed by atoms with van der Waals surface area (Å²) in [4.78, 5) is 52.8. The maximum absolute atomic E-state index is 15.2. The Kier molecular flexibility index (Phi) is 8.56. The van der Waals surface area contributed by atoms with E-state index in [1.54, 1.807) is 37.8 Å². The smallest absolute Gasteiger partial charge is 0.410 e. The minimum absolute atomic E-state index is 0.000669. The van der Waals surface area contributed by atoms with Crippen molar-refractivity contribution in [1.29, 1.82) is 0 Å². The number of esters is 1. The summed E-state index contributed by atoms with van der Waals surface area (Å²) in [6.07, 6.45) is 1.65. The molecule has 1 atom stereocenters. The van der Waals surface area contributed by atoms with Gasteiger partial charge in [-0.05, 0) is 62.4 Å². The molecule has 0 aliphatic carbocycles. The maximum Gasteiger partial charge on any atom is 0.410 e. The third kappa shape index (κ3) is 6.86. The molecular formula is C30H34FN3O6. The van der Waals surface area contributed by atoms with Gasteiger partial charge in [0.2, 0.25) is 5.91 Å². The van der Waals surface area contributed by atoms with Gasteiger partial charge in [-0.3, -0.25) is 14.4 Å². The molecule has 0 saturated heterocycles. The van der Waals surface area contributed by atoms with Crippen molar-refractivity contribution in [3.8, 4) is 0 Å². The van der Waals surface area contributed by atoms with Crippen LogP contribution in [0.2, 0.25) is 0 Å². The number of rotatable bonds is 8. The Bertz CT molecular complexity index is 1330. The Morgan fingerprint density at radius 3 is 2.45 bits per heavy atom. The van der Waals surface area contributed by atoms with Crippen LogP contribution in [-0.2, 0) is 32.2 Å². The van der Waals surface area contributed by atoms with Crippen LogP contribution in [0.5, 0.6) is 0 Å². The van der Waals surface area contributed by atoms with Crippen molar-refractivity contribution in [3.05, 3.63) is 76.6 Å². The first-order chi connectivity index (χ1) is 18.9. The number of nitrogens with zero attached hydrogens (tertiary/aromatic N) is 2. The second-order valence-electron chi connectivity index (χ2n) is 10.9. The lowest BCUT2D eigenvalue weighted by atomic mass is 9.95. The molecule has 10 heteroatoms. The van der Waals surface area contributed by atoms with Crippen LogP contribution in [0, 0.1) is 5.82 Å². The Labute approximate surface area is 232 Å². The van der Waals surface area contributed by atoms with Gasteiger partial charge < -0.3 is 25.0 Å². The summed E-state index contributed by atoms with van der Waals surface area (Å²) in [5, 5.41) is 0. The number of hydrogen-bond acceptors (Lipinski definition) is 6. The van der Waals surface area contributed by atoms with Gasteiger partial charge in [0.25, 0.3) is 5.91 Å². The SMILES string of the molecule is CC(C)(C)OC(=O)CCC(C(N)=O)N1Cc2cc(C3=CCN(C(=O)OCc4ccccc4)CC3)c(F)cc2C1=O. The summed E-state index contributed by atoms with van der Waals surface area (Å²) >= 11 is 0. The van der Waals surface area contributed by atoms with Gasteiger partial charge in [-0.1, -0.05) is 36.4 Å². The molecule has 212 valence electrons. The zero-order chi connectivity index (χ0) is 29.0. The van der Waals surface area contributed by atoms with Crippen molar-refractivity contribution < 1.29 is 33.0 Å². The van der Waals surface area contributed by atoms with Crippen LogP contribution in [0.1, 0.15) is 67.1 Å². The molecule has 0 radical (unpaired) electrons. The molecule has 1 unspecified atom stereocenters. The predicted molar refractivity (Wildman–Crippen MR) is 145 cm³/mol. The third-order valence-corrected chi connectivity index (χ3v) is 6.79. The average Bonchev–Trinajstić information content (AvgIpc) is 3.21. The van der Waals surface area contributed by atoms with Gasteiger partial charge in [-0.15, -0.1) is 0 Å². The van der Waals surface area contributed by atoms with Crippen molar-refractivity contribution in [2.45, 2.75) is 64.8 Å². The number of halogens is 1. The summed E-state index contributed by atoms with van der Waals surface area (Å²) in [6.45, 7) is 6.06. The summed E-state index contributed by atoms with van der Waals surface area (Å²) in [5.74, 6) is -2.33. The Morgan fingerprint density at radius 2 is 1.82 bits per heavy atom. The first-order valence-electron chi connectivity index (χ1n) is 13.2. The van der Waals surface area contributed by atoms with E-state index in [0.717, 1.165) is 11.1 Å². The minimum Gasteiger partial charge on any atom is -0.460 e. The third-order valence-electron chi connectivity index (χ3n) is 6.79. The molecule has 9 nitrogen and oxygen atoms in total. The number of primary amides is 1. The Hall–Kier alpha value is -4.21. The van der Waals surface area contributed by atoms with Crippen LogP contribution >= 0.6 is 0 Å². The highest BCUT2D eigenvalue weighted by Crippen LogP contribution is 2.33. The normalized spacial score (nSPS) is 15.8. The molecule has 0 saturated carbocycles. The van der Waals surface area contributed by atoms with Crippen LogP contribution in [-0.4, -0.2) is 58.4 Å². The quantitative estimate of drug-likeness (QED) is 0.492. The van der Waals surface area contributed by atoms with E-state index in [9.17, 15) is 19.2 Å². The zero-order valence-corrected chi connectivity index (χ0v) is 22.9. The number of ether oxygens (including phenoxy) is 2. The molecule has 4 rings (SSSR count). The maximum atomic E-state index is 15.2. The van der Waals surface area contributed by atoms with E-state index in [1.807, 2.05) is 30.3 Å². The van der Waals surface area contributed by atoms with Gasteiger partial charge in [0, 0.05) is 37.2 Å². The number of nitrogens with two attached hydrogens (primary N) is 1. The molecule has 0 spiro atoms. The number of benzene rings is 2. The van der Waals surface area contributed by atoms with Crippen molar-refractivity contribution in [3.63, 3.8) is 0 Å². The standard InChI is InChI=1S/C30H34FN3O6/c1-30(2,3)40-26(35)10-9-25(27(32)36)34-17-21-15-22(24(31)16-23(21)28(34)37)20-11-13-33(14-12-20)29(38)39-18-19-7-5-4-6-8-19/h4-8,11,15-16,25H,9-10,12-14,17-18H2,1-3H3,(H2,32,36). The molecule has 2 heterocycles. The summed E-state index contributed by atoms with van der Waals surface area (Å²) in [5.41, 5.74) is 7.58. The number of carbonyl (C=O) groups excluding carboxylic acids is 4. The van der Waals surface area contributed by atoms with Crippen LogP contribution < -0.4 is 5.73 Å². The molecule has 2 aliphatic rings. The van der Waals surface area contributed by atoms with Crippen molar-refractivity contribution in [2.75, 3.05) is 13.1 Å². The second kappa shape index (κ2) is 11.9. The largest absolute Gasteiger partial charge is 0.460 e. The summed E-state index contributed by atoms with van der Waals surface area (Å²) in [6, 6.07) is 11.1. The van der Waals surface area contributed by atoms with Crippen LogP contribution in [0.3, 0.4) is 0 Å². The number of amides is 3. The molecule has 3 amide bonds. The minimum atomic E-state index is -1.04. The first-order valence-corrected chi connectivity index (χ1v) is 13.2. The first kappa shape index (κ1) is 28.8. The summed E-state index contributed by atoms with van der Waals surface area (Å²) in [7, 11) is 0. The molecule has 0 fully saturated rings. The number of carbonyl (C=O) groups is 4. The Morgan fingerprint density at radius 1 is 1.10 bits per heavy atom. The highest BCUT2D eigenvalue weighted by atomic mass is 19.1. The summed E-state index contributed by atoms with van der Waals surface area (Å²) < 4.78 is 25.9. The Balaban J connectivity index is 1.41. The fourth-order valence-corrected chi connectivity index (χ4v) is 4.84. The van der Waals surface area contributed by atoms with E-state index >= 15 is 4.39 Å². The molecule has 40 heavy (non-hydrogen) atoms. The van der Waals surface area contributed by atoms with Crippen molar-refractivity contribution in [1.82, 2.24) is 9.80 Å². The van der Waals surface area contributed by atoms with E-state index in [1.165, 1.54) is 11.0 Å². The van der Waals surface area contributed by atoms with E-state index < -0.39 is 41.3 Å². The highest BCUT2D eigenvalue weighted by molar-refractivity contribution is 6.01. The van der Waals surface area contributed by atoms with E-state index in [2.05, 4.69) is 0 Å². The lowest BCUT2D eigenvalue weighted by Crippen LogP contribution is -2.45. The number of hydrogen-bond donors (Lipinski definition) is 1.